The Kier molecular flexibility index (Phi) is 8.91. The van der Waals surface area contributed by atoms with Gasteiger partial charge in [0, 0.05) is 6.42 Å². The summed E-state index contributed by atoms with van der Waals surface area (Å²) in [7, 11) is 0. The van der Waals surface area contributed by atoms with Crippen molar-refractivity contribution in [2.24, 2.45) is 0 Å². The smallest absolute Gasteiger partial charge is 0.445 e. The van der Waals surface area contributed by atoms with E-state index in [0.717, 1.165) is 38.5 Å². The van der Waals surface area contributed by atoms with Crippen LogP contribution in [0.4, 0.5) is 12.9 Å². The number of hydrogen-bond donors (Lipinski definition) is 0. The summed E-state index contributed by atoms with van der Waals surface area (Å²) >= 11 is 0. The van der Waals surface area contributed by atoms with Crippen molar-refractivity contribution in [3.63, 3.8) is 0 Å². The van der Waals surface area contributed by atoms with Gasteiger partial charge in [0.25, 0.3) is 0 Å². The van der Waals surface area contributed by atoms with Gasteiger partial charge in [0.05, 0.1) is 0 Å². The third-order valence-corrected chi connectivity index (χ3v) is 2.50. The number of unbranched alkanes of at least 4 members (excludes halogenated alkanes) is 6. The number of carbonyl (C=O) groups excluding carboxylic acids is 1. The lowest BCUT2D eigenvalue weighted by molar-refractivity contribution is -0.117. The summed E-state index contributed by atoms with van der Waals surface area (Å²) in [6.45, 7) is -3.16. The monoisotopic (exact) mass is 249 g/mol. The first kappa shape index (κ1) is 16.3. The molecule has 17 heavy (non-hydrogen) atoms. The van der Waals surface area contributed by atoms with Crippen molar-refractivity contribution in [2.75, 3.05) is 0 Å². The summed E-state index contributed by atoms with van der Waals surface area (Å²) < 4.78 is 35.4. The number of halogens is 3. The number of hydrogen-bond acceptors (Lipinski definition) is 1. The van der Waals surface area contributed by atoms with Gasteiger partial charge in [-0.15, -0.1) is 12.1 Å². The molecule has 0 saturated carbocycles. The highest BCUT2D eigenvalue weighted by Gasteiger charge is 2.16. The van der Waals surface area contributed by atoms with Crippen LogP contribution < -0.4 is 0 Å². The maximum Gasteiger partial charge on any atom is 0.502 e. The van der Waals surface area contributed by atoms with Gasteiger partial charge in [0.15, 0.2) is 0 Å². The predicted octanol–water partition coefficient (Wildman–Crippen LogP) is 4.64. The Hall–Kier alpha value is -0.735. The van der Waals surface area contributed by atoms with Gasteiger partial charge in [0.1, 0.15) is 5.78 Å². The lowest BCUT2D eigenvalue weighted by atomic mass is 9.91. The van der Waals surface area contributed by atoms with Crippen molar-refractivity contribution >= 4 is 12.8 Å². The van der Waals surface area contributed by atoms with E-state index in [0.29, 0.717) is 18.8 Å². The Labute approximate surface area is 102 Å². The second-order valence-electron chi connectivity index (χ2n) is 4.42. The fourth-order valence-corrected chi connectivity index (χ4v) is 1.59. The van der Waals surface area contributed by atoms with Crippen LogP contribution >= 0.6 is 0 Å². The van der Waals surface area contributed by atoms with E-state index in [-0.39, 0.29) is 5.78 Å². The van der Waals surface area contributed by atoms with Gasteiger partial charge < -0.3 is 17.7 Å². The number of Topliss-reactive ketones (excluding diaryl/α,β-unsaturated/α-hetero) is 1. The SMILES string of the molecule is CC(=O)CCCCCCCC/C=C/[B-](F)(F)F. The molecule has 0 bridgehead atoms. The third-order valence-electron chi connectivity index (χ3n) is 2.50. The third kappa shape index (κ3) is 15.3. The largest absolute Gasteiger partial charge is 0.502 e. The molecule has 0 aliphatic heterocycles. The van der Waals surface area contributed by atoms with Gasteiger partial charge in [-0.2, -0.15) is 0 Å². The van der Waals surface area contributed by atoms with E-state index < -0.39 is 6.98 Å². The Morgan fingerprint density at radius 1 is 1.00 bits per heavy atom. The maximum atomic E-state index is 11.8. The van der Waals surface area contributed by atoms with Crippen molar-refractivity contribution < 1.29 is 17.7 Å². The Morgan fingerprint density at radius 2 is 1.53 bits per heavy atom. The molecule has 5 heteroatoms. The molecule has 0 N–H and O–H groups in total. The van der Waals surface area contributed by atoms with Crippen LogP contribution in [-0.2, 0) is 4.79 Å². The first-order valence-corrected chi connectivity index (χ1v) is 6.29. The van der Waals surface area contributed by atoms with Crippen LogP contribution in [0.25, 0.3) is 0 Å². The van der Waals surface area contributed by atoms with Gasteiger partial charge in [-0.05, 0) is 26.2 Å². The first-order chi connectivity index (χ1) is 7.92. The van der Waals surface area contributed by atoms with Crippen molar-refractivity contribution in [2.45, 2.75) is 58.3 Å². The molecule has 0 rings (SSSR count). The normalized spacial score (nSPS) is 12.2. The van der Waals surface area contributed by atoms with Crippen LogP contribution in [0, 0.1) is 0 Å². The first-order valence-electron chi connectivity index (χ1n) is 6.29. The van der Waals surface area contributed by atoms with Gasteiger partial charge in [-0.3, -0.25) is 0 Å². The van der Waals surface area contributed by atoms with E-state index in [1.165, 1.54) is 6.08 Å². The Bertz CT molecular complexity index is 236. The molecule has 0 aliphatic carbocycles. The molecule has 100 valence electrons. The van der Waals surface area contributed by atoms with Crippen molar-refractivity contribution in [3.05, 3.63) is 12.1 Å². The van der Waals surface area contributed by atoms with E-state index in [2.05, 4.69) is 0 Å². The average Bonchev–Trinajstić information content (AvgIpc) is 2.18. The van der Waals surface area contributed by atoms with Gasteiger partial charge in [-0.25, -0.2) is 0 Å². The summed E-state index contributed by atoms with van der Waals surface area (Å²) in [6.07, 6.45) is 8.25. The van der Waals surface area contributed by atoms with Crippen molar-refractivity contribution in [3.8, 4) is 0 Å². The maximum absolute atomic E-state index is 11.8. The highest BCUT2D eigenvalue weighted by Crippen LogP contribution is 2.12. The van der Waals surface area contributed by atoms with Gasteiger partial charge in [-0.1, -0.05) is 25.7 Å². The highest BCUT2D eigenvalue weighted by molar-refractivity contribution is 6.64. The van der Waals surface area contributed by atoms with E-state index in [1.54, 1.807) is 6.92 Å². The number of carbonyl (C=O) groups is 1. The molecule has 0 aromatic carbocycles. The Balaban J connectivity index is 3.19. The van der Waals surface area contributed by atoms with E-state index in [4.69, 9.17) is 0 Å². The van der Waals surface area contributed by atoms with E-state index in [1.807, 2.05) is 0 Å². The van der Waals surface area contributed by atoms with Crippen molar-refractivity contribution in [1.82, 2.24) is 0 Å². The minimum Gasteiger partial charge on any atom is -0.445 e. The van der Waals surface area contributed by atoms with Gasteiger partial charge >= 0.3 is 6.98 Å². The molecule has 0 aromatic heterocycles. The topological polar surface area (TPSA) is 17.1 Å². The molecule has 0 atom stereocenters. The summed E-state index contributed by atoms with van der Waals surface area (Å²) in [5.41, 5.74) is 0. The second kappa shape index (κ2) is 9.31. The van der Waals surface area contributed by atoms with Crippen LogP contribution in [0.1, 0.15) is 58.3 Å². The van der Waals surface area contributed by atoms with Crippen molar-refractivity contribution in [1.29, 1.82) is 0 Å². The summed E-state index contributed by atoms with van der Waals surface area (Å²) in [6, 6.07) is 0. The average molecular weight is 249 g/mol. The molecule has 0 heterocycles. The fraction of sp³-hybridized carbons (Fsp3) is 0.750. The molecule has 0 aliphatic rings. The number of allylic oxidation sites excluding steroid dienone is 1. The summed E-state index contributed by atoms with van der Waals surface area (Å²) in [5.74, 6) is 0.594. The van der Waals surface area contributed by atoms with Crippen LogP contribution in [-0.4, -0.2) is 12.8 Å². The lowest BCUT2D eigenvalue weighted by Gasteiger charge is -2.06. The Morgan fingerprint density at radius 3 is 2.06 bits per heavy atom. The standard InChI is InChI=1S/C12H21BF3O/c1-12(17)10-8-6-4-2-3-5-7-9-11-13(14,15)16/h9,11H,2-8,10H2,1H3/q-1/b11-9+. The fourth-order valence-electron chi connectivity index (χ4n) is 1.59. The predicted molar refractivity (Wildman–Crippen MR) is 65.8 cm³/mol. The molecule has 0 fully saturated rings. The molecule has 0 aromatic rings. The summed E-state index contributed by atoms with van der Waals surface area (Å²) in [5, 5.41) is 0. The molecular weight excluding hydrogens is 228 g/mol. The second-order valence-corrected chi connectivity index (χ2v) is 4.42. The van der Waals surface area contributed by atoms with Crippen LogP contribution in [0.15, 0.2) is 12.1 Å². The molecular formula is C12H21BF3O-. The molecule has 1 nitrogen and oxygen atoms in total. The van der Waals surface area contributed by atoms with Crippen LogP contribution in [0.2, 0.25) is 0 Å². The minimum atomic E-state index is -4.76. The number of ketones is 1. The molecule has 0 amide bonds. The van der Waals surface area contributed by atoms with Crippen LogP contribution in [0.5, 0.6) is 0 Å². The quantitative estimate of drug-likeness (QED) is 0.407. The highest BCUT2D eigenvalue weighted by atomic mass is 19.4. The minimum absolute atomic E-state index is 0.226. The zero-order valence-corrected chi connectivity index (χ0v) is 10.4. The zero-order chi connectivity index (χ0) is 13.1. The zero-order valence-electron chi connectivity index (χ0n) is 10.4. The molecule has 0 spiro atoms. The lowest BCUT2D eigenvalue weighted by Crippen LogP contribution is -2.09. The van der Waals surface area contributed by atoms with E-state index >= 15 is 0 Å². The molecule has 0 unspecified atom stereocenters. The van der Waals surface area contributed by atoms with E-state index in [9.17, 15) is 17.7 Å². The summed E-state index contributed by atoms with van der Waals surface area (Å²) in [4.78, 5) is 10.6. The van der Waals surface area contributed by atoms with Crippen LogP contribution in [0.3, 0.4) is 0 Å². The molecule has 0 radical (unpaired) electrons. The van der Waals surface area contributed by atoms with Gasteiger partial charge in [0.2, 0.25) is 0 Å². The molecule has 0 saturated heterocycles. The number of rotatable bonds is 10.